The van der Waals surface area contributed by atoms with Gasteiger partial charge < -0.3 is 10.5 Å². The minimum atomic E-state index is -0.0355. The van der Waals surface area contributed by atoms with Gasteiger partial charge in [-0.1, -0.05) is 24.3 Å². The number of rotatable bonds is 4. The number of aromatic nitrogens is 1. The lowest BCUT2D eigenvalue weighted by molar-refractivity contribution is 0.296. The van der Waals surface area contributed by atoms with Crippen LogP contribution in [0.3, 0.4) is 0 Å². The molecule has 1 aromatic carbocycles. The van der Waals surface area contributed by atoms with Gasteiger partial charge in [-0.05, 0) is 32.0 Å². The first-order chi connectivity index (χ1) is 8.66. The van der Waals surface area contributed by atoms with E-state index in [0.29, 0.717) is 6.61 Å². The van der Waals surface area contributed by atoms with E-state index in [9.17, 15) is 0 Å². The predicted octanol–water partition coefficient (Wildman–Crippen LogP) is 2.99. The average Bonchev–Trinajstić information content (AvgIpc) is 2.37. The van der Waals surface area contributed by atoms with Crippen molar-refractivity contribution >= 4 is 0 Å². The van der Waals surface area contributed by atoms with Gasteiger partial charge in [0.05, 0.1) is 5.69 Å². The van der Waals surface area contributed by atoms with Gasteiger partial charge in [0.1, 0.15) is 12.4 Å². The predicted molar refractivity (Wildman–Crippen MR) is 72.4 cm³/mol. The molecular formula is C15H18N2O. The molecule has 0 radical (unpaired) electrons. The zero-order valence-electron chi connectivity index (χ0n) is 10.8. The molecule has 0 spiro atoms. The second-order valence-electron chi connectivity index (χ2n) is 4.39. The van der Waals surface area contributed by atoms with Gasteiger partial charge in [0.2, 0.25) is 0 Å². The molecule has 2 N–H and O–H groups in total. The number of benzene rings is 1. The number of aryl methyl sites for hydroxylation is 1. The van der Waals surface area contributed by atoms with Crippen LogP contribution in [0, 0.1) is 6.92 Å². The Balaban J connectivity index is 2.11. The van der Waals surface area contributed by atoms with Gasteiger partial charge in [0.15, 0.2) is 0 Å². The molecule has 1 atom stereocenters. The molecule has 1 aromatic heterocycles. The Morgan fingerprint density at radius 3 is 2.67 bits per heavy atom. The third kappa shape index (κ3) is 3.08. The molecule has 0 saturated carbocycles. The van der Waals surface area contributed by atoms with Crippen molar-refractivity contribution in [2.24, 2.45) is 5.73 Å². The van der Waals surface area contributed by atoms with E-state index in [0.717, 1.165) is 22.7 Å². The molecule has 0 saturated heterocycles. The summed E-state index contributed by atoms with van der Waals surface area (Å²) in [5.41, 5.74) is 8.85. The van der Waals surface area contributed by atoms with E-state index in [4.69, 9.17) is 10.5 Å². The first-order valence-electron chi connectivity index (χ1n) is 6.06. The SMILES string of the molecule is Cc1cccc(COc2ccccc2[C@H](C)N)n1. The van der Waals surface area contributed by atoms with Crippen LogP contribution in [-0.2, 0) is 6.61 Å². The molecule has 3 nitrogen and oxygen atoms in total. The highest BCUT2D eigenvalue weighted by atomic mass is 16.5. The molecule has 0 amide bonds. The second-order valence-corrected chi connectivity index (χ2v) is 4.39. The Bertz CT molecular complexity index is 523. The summed E-state index contributed by atoms with van der Waals surface area (Å²) >= 11 is 0. The maximum atomic E-state index is 5.91. The molecule has 0 aliphatic heterocycles. The molecule has 2 aromatic rings. The number of para-hydroxylation sites is 1. The molecular weight excluding hydrogens is 224 g/mol. The number of nitrogens with two attached hydrogens (primary N) is 1. The van der Waals surface area contributed by atoms with Gasteiger partial charge >= 0.3 is 0 Å². The maximum absolute atomic E-state index is 5.91. The lowest BCUT2D eigenvalue weighted by Gasteiger charge is -2.13. The first kappa shape index (κ1) is 12.6. The van der Waals surface area contributed by atoms with Crippen LogP contribution in [0.5, 0.6) is 5.75 Å². The van der Waals surface area contributed by atoms with E-state index < -0.39 is 0 Å². The van der Waals surface area contributed by atoms with Crippen LogP contribution in [0.2, 0.25) is 0 Å². The lowest BCUT2D eigenvalue weighted by Crippen LogP contribution is -2.08. The molecule has 3 heteroatoms. The van der Waals surface area contributed by atoms with Crippen LogP contribution in [0.4, 0.5) is 0 Å². The summed E-state index contributed by atoms with van der Waals surface area (Å²) in [6, 6.07) is 13.7. The van der Waals surface area contributed by atoms with Crippen molar-refractivity contribution in [3.63, 3.8) is 0 Å². The van der Waals surface area contributed by atoms with Crippen molar-refractivity contribution in [3.05, 3.63) is 59.4 Å². The van der Waals surface area contributed by atoms with Gasteiger partial charge in [-0.25, -0.2) is 0 Å². The average molecular weight is 242 g/mol. The molecule has 0 aliphatic rings. The minimum absolute atomic E-state index is 0.0355. The van der Waals surface area contributed by atoms with E-state index in [2.05, 4.69) is 4.98 Å². The molecule has 1 heterocycles. The zero-order chi connectivity index (χ0) is 13.0. The van der Waals surface area contributed by atoms with Gasteiger partial charge in [0, 0.05) is 17.3 Å². The number of nitrogens with zero attached hydrogens (tertiary/aromatic N) is 1. The fourth-order valence-corrected chi connectivity index (χ4v) is 1.82. The van der Waals surface area contributed by atoms with Crippen LogP contribution >= 0.6 is 0 Å². The summed E-state index contributed by atoms with van der Waals surface area (Å²) in [7, 11) is 0. The van der Waals surface area contributed by atoms with Crippen molar-refractivity contribution in [3.8, 4) is 5.75 Å². The maximum Gasteiger partial charge on any atom is 0.130 e. The largest absolute Gasteiger partial charge is 0.487 e. The number of hydrogen-bond acceptors (Lipinski definition) is 3. The van der Waals surface area contributed by atoms with E-state index in [-0.39, 0.29) is 6.04 Å². The van der Waals surface area contributed by atoms with E-state index in [1.165, 1.54) is 0 Å². The molecule has 18 heavy (non-hydrogen) atoms. The molecule has 0 fully saturated rings. The standard InChI is InChI=1S/C15H18N2O/c1-11-6-5-7-13(17-11)10-18-15-9-4-3-8-14(15)12(2)16/h3-9,12H,10,16H2,1-2H3/t12-/m0/s1. The van der Waals surface area contributed by atoms with Crippen molar-refractivity contribution < 1.29 is 4.74 Å². The summed E-state index contributed by atoms with van der Waals surface area (Å²) < 4.78 is 5.80. The second kappa shape index (κ2) is 5.65. The van der Waals surface area contributed by atoms with Gasteiger partial charge in [-0.3, -0.25) is 4.98 Å². The number of hydrogen-bond donors (Lipinski definition) is 1. The summed E-state index contributed by atoms with van der Waals surface area (Å²) in [6.07, 6.45) is 0. The van der Waals surface area contributed by atoms with Gasteiger partial charge in [0.25, 0.3) is 0 Å². The quantitative estimate of drug-likeness (QED) is 0.896. The fraction of sp³-hybridized carbons (Fsp3) is 0.267. The Labute approximate surface area is 108 Å². The summed E-state index contributed by atoms with van der Waals surface area (Å²) in [5, 5.41) is 0. The topological polar surface area (TPSA) is 48.1 Å². The molecule has 0 aliphatic carbocycles. The highest BCUT2D eigenvalue weighted by Gasteiger charge is 2.07. The van der Waals surface area contributed by atoms with E-state index in [1.807, 2.05) is 56.3 Å². The first-order valence-corrected chi connectivity index (χ1v) is 6.06. The molecule has 0 unspecified atom stereocenters. The molecule has 2 rings (SSSR count). The normalized spacial score (nSPS) is 12.2. The van der Waals surface area contributed by atoms with Crippen LogP contribution < -0.4 is 10.5 Å². The molecule has 0 bridgehead atoms. The van der Waals surface area contributed by atoms with Crippen LogP contribution in [-0.4, -0.2) is 4.98 Å². The summed E-state index contributed by atoms with van der Waals surface area (Å²) in [6.45, 7) is 4.39. The summed E-state index contributed by atoms with van der Waals surface area (Å²) in [4.78, 5) is 4.41. The van der Waals surface area contributed by atoms with Crippen molar-refractivity contribution in [2.45, 2.75) is 26.5 Å². The van der Waals surface area contributed by atoms with Crippen LogP contribution in [0.1, 0.15) is 29.9 Å². The van der Waals surface area contributed by atoms with Gasteiger partial charge in [-0.15, -0.1) is 0 Å². The Hall–Kier alpha value is -1.87. The Morgan fingerprint density at radius 1 is 1.17 bits per heavy atom. The fourth-order valence-electron chi connectivity index (χ4n) is 1.82. The van der Waals surface area contributed by atoms with Crippen LogP contribution in [0.25, 0.3) is 0 Å². The number of pyridine rings is 1. The Kier molecular flexibility index (Phi) is 3.95. The van der Waals surface area contributed by atoms with Crippen molar-refractivity contribution in [1.29, 1.82) is 0 Å². The van der Waals surface area contributed by atoms with Gasteiger partial charge in [-0.2, -0.15) is 0 Å². The summed E-state index contributed by atoms with van der Waals surface area (Å²) in [5.74, 6) is 0.829. The van der Waals surface area contributed by atoms with E-state index in [1.54, 1.807) is 0 Å². The van der Waals surface area contributed by atoms with Crippen molar-refractivity contribution in [1.82, 2.24) is 4.98 Å². The lowest BCUT2D eigenvalue weighted by atomic mass is 10.1. The van der Waals surface area contributed by atoms with Crippen molar-refractivity contribution in [2.75, 3.05) is 0 Å². The smallest absolute Gasteiger partial charge is 0.130 e. The monoisotopic (exact) mass is 242 g/mol. The molecule has 94 valence electrons. The third-order valence-corrected chi connectivity index (χ3v) is 2.73. The van der Waals surface area contributed by atoms with E-state index >= 15 is 0 Å². The minimum Gasteiger partial charge on any atom is -0.487 e. The third-order valence-electron chi connectivity index (χ3n) is 2.73. The number of ether oxygens (including phenoxy) is 1. The van der Waals surface area contributed by atoms with Crippen LogP contribution in [0.15, 0.2) is 42.5 Å². The highest BCUT2D eigenvalue weighted by molar-refractivity contribution is 5.35. The highest BCUT2D eigenvalue weighted by Crippen LogP contribution is 2.23. The zero-order valence-corrected chi connectivity index (χ0v) is 10.8. The Morgan fingerprint density at radius 2 is 1.94 bits per heavy atom.